The van der Waals surface area contributed by atoms with E-state index in [-0.39, 0.29) is 5.91 Å². The van der Waals surface area contributed by atoms with Gasteiger partial charge >= 0.3 is 0 Å². The predicted octanol–water partition coefficient (Wildman–Crippen LogP) is 3.47. The minimum absolute atomic E-state index is 0.290. The Balaban J connectivity index is 1.70. The average Bonchev–Trinajstić information content (AvgIpc) is 3.12. The Morgan fingerprint density at radius 1 is 1.35 bits per heavy atom. The fraction of sp³-hybridized carbons (Fsp3) is 0.278. The molecular formula is C18H20N4O3S. The normalized spacial score (nSPS) is 11.2. The highest BCUT2D eigenvalue weighted by Gasteiger charge is 2.11. The number of aryl methyl sites for hydroxylation is 2. The third-order valence-corrected chi connectivity index (χ3v) is 4.85. The van der Waals surface area contributed by atoms with Crippen molar-refractivity contribution in [3.63, 3.8) is 0 Å². The quantitative estimate of drug-likeness (QED) is 0.671. The maximum atomic E-state index is 12.1. The van der Waals surface area contributed by atoms with E-state index >= 15 is 0 Å². The van der Waals surface area contributed by atoms with Crippen LogP contribution in [0.25, 0.3) is 11.0 Å². The Morgan fingerprint density at radius 2 is 2.15 bits per heavy atom. The largest absolute Gasteiger partial charge is 0.493 e. The molecule has 0 atom stereocenters. The molecule has 0 spiro atoms. The molecule has 1 aromatic carbocycles. The molecule has 2 aromatic heterocycles. The van der Waals surface area contributed by atoms with Gasteiger partial charge in [0.1, 0.15) is 0 Å². The van der Waals surface area contributed by atoms with Crippen LogP contribution in [0.1, 0.15) is 23.1 Å². The van der Waals surface area contributed by atoms with Crippen LogP contribution < -0.4 is 14.8 Å². The zero-order chi connectivity index (χ0) is 18.7. The first kappa shape index (κ1) is 17.9. The summed E-state index contributed by atoms with van der Waals surface area (Å²) in [5, 5.41) is 6.98. The number of amides is 1. The van der Waals surface area contributed by atoms with Gasteiger partial charge in [-0.3, -0.25) is 10.1 Å². The molecule has 0 fully saturated rings. The molecule has 0 bridgehead atoms. The van der Waals surface area contributed by atoms with E-state index in [4.69, 9.17) is 9.47 Å². The highest BCUT2D eigenvalue weighted by molar-refractivity contribution is 7.17. The Morgan fingerprint density at radius 3 is 2.85 bits per heavy atom. The molecule has 136 valence electrons. The van der Waals surface area contributed by atoms with Gasteiger partial charge in [0.05, 0.1) is 19.4 Å². The van der Waals surface area contributed by atoms with Crippen LogP contribution in [0.5, 0.6) is 11.5 Å². The van der Waals surface area contributed by atoms with Crippen molar-refractivity contribution in [3.05, 3.63) is 40.4 Å². The van der Waals surface area contributed by atoms with Crippen LogP contribution in [0.3, 0.4) is 0 Å². The van der Waals surface area contributed by atoms with Crippen molar-refractivity contribution >= 4 is 34.2 Å². The first-order valence-electron chi connectivity index (χ1n) is 8.14. The van der Waals surface area contributed by atoms with Gasteiger partial charge in [-0.05, 0) is 44.5 Å². The summed E-state index contributed by atoms with van der Waals surface area (Å²) in [7, 11) is 1.58. The van der Waals surface area contributed by atoms with Crippen LogP contribution in [-0.4, -0.2) is 34.2 Å². The van der Waals surface area contributed by atoms with Crippen LogP contribution in [0.15, 0.2) is 24.3 Å². The lowest BCUT2D eigenvalue weighted by atomic mass is 10.2. The molecule has 2 heterocycles. The Kier molecular flexibility index (Phi) is 5.22. The Hall–Kier alpha value is -2.87. The van der Waals surface area contributed by atoms with Crippen LogP contribution in [0.4, 0.5) is 5.95 Å². The minimum Gasteiger partial charge on any atom is -0.493 e. The Bertz CT molecular complexity index is 974. The summed E-state index contributed by atoms with van der Waals surface area (Å²) in [4.78, 5) is 18.4. The number of anilines is 1. The van der Waals surface area contributed by atoms with E-state index in [2.05, 4.69) is 15.4 Å². The van der Waals surface area contributed by atoms with Gasteiger partial charge < -0.3 is 9.47 Å². The molecule has 0 saturated carbocycles. The monoisotopic (exact) mass is 372 g/mol. The number of methoxy groups -OCH3 is 1. The molecule has 0 saturated heterocycles. The molecule has 0 unspecified atom stereocenters. The molecule has 8 heteroatoms. The second-order valence-corrected chi connectivity index (χ2v) is 6.72. The topological polar surface area (TPSA) is 77.8 Å². The van der Waals surface area contributed by atoms with Crippen LogP contribution in [0.2, 0.25) is 0 Å². The standard InChI is InChI=1S/C18H20N4O3S/c1-5-25-14-8-6-13(10-15(14)24-4)7-9-16(23)19-17-20-18-22(21-17)11(2)12(3)26-18/h6-10H,5H2,1-4H3,(H,19,21,23)/b9-7+. The number of hydrogen-bond donors (Lipinski definition) is 1. The number of hydrogen-bond acceptors (Lipinski definition) is 6. The molecular weight excluding hydrogens is 352 g/mol. The lowest BCUT2D eigenvalue weighted by Crippen LogP contribution is -2.09. The van der Waals surface area contributed by atoms with Crippen LogP contribution in [-0.2, 0) is 4.79 Å². The number of rotatable bonds is 6. The number of thiazole rings is 1. The van der Waals surface area contributed by atoms with Gasteiger partial charge in [0.2, 0.25) is 4.96 Å². The maximum Gasteiger partial charge on any atom is 0.250 e. The van der Waals surface area contributed by atoms with Crippen LogP contribution >= 0.6 is 11.3 Å². The van der Waals surface area contributed by atoms with Crippen molar-refractivity contribution in [2.45, 2.75) is 20.8 Å². The summed E-state index contributed by atoms with van der Waals surface area (Å²) in [5.74, 6) is 1.28. The highest BCUT2D eigenvalue weighted by atomic mass is 32.1. The number of nitrogens with one attached hydrogen (secondary N) is 1. The summed E-state index contributed by atoms with van der Waals surface area (Å²) in [6.45, 7) is 6.46. The minimum atomic E-state index is -0.300. The van der Waals surface area contributed by atoms with E-state index in [1.807, 2.05) is 39.0 Å². The van der Waals surface area contributed by atoms with E-state index in [9.17, 15) is 4.79 Å². The number of benzene rings is 1. The molecule has 3 rings (SSSR count). The Labute approximate surface area is 155 Å². The lowest BCUT2D eigenvalue weighted by molar-refractivity contribution is -0.111. The molecule has 0 radical (unpaired) electrons. The smallest absolute Gasteiger partial charge is 0.250 e. The fourth-order valence-electron chi connectivity index (χ4n) is 2.38. The van der Waals surface area contributed by atoms with E-state index in [0.717, 1.165) is 21.1 Å². The van der Waals surface area contributed by atoms with Crippen molar-refractivity contribution in [3.8, 4) is 11.5 Å². The molecule has 3 aromatic rings. The SMILES string of the molecule is CCOc1ccc(/C=C/C(=O)Nc2nc3sc(C)c(C)n3n2)cc1OC. The van der Waals surface area contributed by atoms with E-state index in [1.54, 1.807) is 29.0 Å². The molecule has 0 aliphatic carbocycles. The molecule has 1 N–H and O–H groups in total. The van der Waals surface area contributed by atoms with Crippen molar-refractivity contribution in [1.82, 2.24) is 14.6 Å². The molecule has 1 amide bonds. The zero-order valence-corrected chi connectivity index (χ0v) is 15.9. The van der Waals surface area contributed by atoms with Gasteiger partial charge in [-0.25, -0.2) is 4.52 Å². The van der Waals surface area contributed by atoms with Gasteiger partial charge in [-0.1, -0.05) is 17.4 Å². The second kappa shape index (κ2) is 7.57. The average molecular weight is 372 g/mol. The molecule has 0 aliphatic rings. The number of carbonyl (C=O) groups excluding carboxylic acids is 1. The van der Waals surface area contributed by atoms with Gasteiger partial charge in [-0.2, -0.15) is 4.98 Å². The predicted molar refractivity (Wildman–Crippen MR) is 102 cm³/mol. The number of nitrogens with zero attached hydrogens (tertiary/aromatic N) is 3. The molecule has 26 heavy (non-hydrogen) atoms. The van der Waals surface area contributed by atoms with E-state index in [0.29, 0.717) is 24.1 Å². The summed E-state index contributed by atoms with van der Waals surface area (Å²) in [5.41, 5.74) is 1.85. The van der Waals surface area contributed by atoms with Gasteiger partial charge in [0.25, 0.3) is 11.9 Å². The zero-order valence-electron chi connectivity index (χ0n) is 15.1. The van der Waals surface area contributed by atoms with Gasteiger partial charge in [0, 0.05) is 11.0 Å². The summed E-state index contributed by atoms with van der Waals surface area (Å²) < 4.78 is 12.5. The van der Waals surface area contributed by atoms with Crippen molar-refractivity contribution in [2.24, 2.45) is 0 Å². The first-order chi connectivity index (χ1) is 12.5. The number of fused-ring (bicyclic) bond motifs is 1. The summed E-state index contributed by atoms with van der Waals surface area (Å²) >= 11 is 1.54. The van der Waals surface area contributed by atoms with Gasteiger partial charge in [-0.15, -0.1) is 5.10 Å². The highest BCUT2D eigenvalue weighted by Crippen LogP contribution is 2.28. The molecule has 7 nitrogen and oxygen atoms in total. The van der Waals surface area contributed by atoms with Crippen molar-refractivity contribution in [2.75, 3.05) is 19.0 Å². The number of ether oxygens (including phenoxy) is 2. The second-order valence-electron chi connectivity index (χ2n) is 5.54. The maximum absolute atomic E-state index is 12.1. The summed E-state index contributed by atoms with van der Waals surface area (Å²) in [6, 6.07) is 5.48. The fourth-order valence-corrected chi connectivity index (χ4v) is 3.29. The lowest BCUT2D eigenvalue weighted by Gasteiger charge is -2.09. The van der Waals surface area contributed by atoms with E-state index < -0.39 is 0 Å². The third kappa shape index (κ3) is 3.70. The number of carbonyl (C=O) groups is 1. The van der Waals surface area contributed by atoms with E-state index in [1.165, 1.54) is 6.08 Å². The first-order valence-corrected chi connectivity index (χ1v) is 8.96. The van der Waals surface area contributed by atoms with Crippen molar-refractivity contribution in [1.29, 1.82) is 0 Å². The van der Waals surface area contributed by atoms with Crippen molar-refractivity contribution < 1.29 is 14.3 Å². The summed E-state index contributed by atoms with van der Waals surface area (Å²) in [6.07, 6.45) is 3.13. The van der Waals surface area contributed by atoms with Gasteiger partial charge in [0.15, 0.2) is 11.5 Å². The number of aromatic nitrogens is 3. The third-order valence-electron chi connectivity index (χ3n) is 3.80. The van der Waals surface area contributed by atoms with Crippen LogP contribution in [0, 0.1) is 13.8 Å². The molecule has 0 aliphatic heterocycles.